The molecule has 2 saturated heterocycles. The standard InChI is InChI=1S/C16H25N3O2S/c1-11-12(2)19(10-13-6-5-9-21-13)16(18-11)22-14-7-3-4-8-17-15(14)20/h13-14H,3-10H2,1-2H3,(H,17,20)/t13-,14+/m1/s1. The van der Waals surface area contributed by atoms with Gasteiger partial charge in [-0.15, -0.1) is 0 Å². The van der Waals surface area contributed by atoms with Crippen molar-refractivity contribution in [1.29, 1.82) is 0 Å². The molecule has 3 heterocycles. The van der Waals surface area contributed by atoms with Crippen LogP contribution in [0.2, 0.25) is 0 Å². The second-order valence-corrected chi connectivity index (χ2v) is 7.37. The minimum Gasteiger partial charge on any atom is -0.376 e. The molecule has 22 heavy (non-hydrogen) atoms. The summed E-state index contributed by atoms with van der Waals surface area (Å²) in [5.74, 6) is 0.157. The van der Waals surface area contributed by atoms with Crippen LogP contribution in [0.25, 0.3) is 0 Å². The van der Waals surface area contributed by atoms with Gasteiger partial charge in [0, 0.05) is 18.8 Å². The van der Waals surface area contributed by atoms with Crippen molar-refractivity contribution in [3.8, 4) is 0 Å². The van der Waals surface area contributed by atoms with Gasteiger partial charge in [-0.05, 0) is 39.5 Å². The number of aryl methyl sites for hydroxylation is 1. The zero-order valence-corrected chi connectivity index (χ0v) is 14.2. The number of thioether (sulfide) groups is 1. The van der Waals surface area contributed by atoms with Crippen LogP contribution >= 0.6 is 11.8 Å². The predicted molar refractivity (Wildman–Crippen MR) is 87.2 cm³/mol. The van der Waals surface area contributed by atoms with Gasteiger partial charge in [-0.1, -0.05) is 18.2 Å². The summed E-state index contributed by atoms with van der Waals surface area (Å²) < 4.78 is 8.01. The zero-order valence-electron chi connectivity index (χ0n) is 13.4. The van der Waals surface area contributed by atoms with E-state index in [1.54, 1.807) is 11.8 Å². The molecule has 2 aliphatic heterocycles. The van der Waals surface area contributed by atoms with Gasteiger partial charge in [0.1, 0.15) is 0 Å². The lowest BCUT2D eigenvalue weighted by molar-refractivity contribution is -0.120. The Morgan fingerprint density at radius 3 is 2.95 bits per heavy atom. The van der Waals surface area contributed by atoms with Crippen LogP contribution in [-0.4, -0.2) is 40.0 Å². The molecular weight excluding hydrogens is 298 g/mol. The van der Waals surface area contributed by atoms with Gasteiger partial charge >= 0.3 is 0 Å². The molecule has 0 radical (unpaired) electrons. The van der Waals surface area contributed by atoms with Gasteiger partial charge in [0.15, 0.2) is 5.16 Å². The molecule has 122 valence electrons. The number of nitrogens with zero attached hydrogens (tertiary/aromatic N) is 2. The van der Waals surface area contributed by atoms with E-state index in [2.05, 4.69) is 16.8 Å². The summed E-state index contributed by atoms with van der Waals surface area (Å²) >= 11 is 1.62. The lowest BCUT2D eigenvalue weighted by atomic mass is 10.2. The third kappa shape index (κ3) is 3.49. The maximum Gasteiger partial charge on any atom is 0.233 e. The van der Waals surface area contributed by atoms with Crippen molar-refractivity contribution in [2.24, 2.45) is 0 Å². The monoisotopic (exact) mass is 323 g/mol. The summed E-state index contributed by atoms with van der Waals surface area (Å²) in [6.45, 7) is 6.67. The highest BCUT2D eigenvalue weighted by molar-refractivity contribution is 8.00. The Kier molecular flexibility index (Phi) is 5.08. The molecule has 0 aromatic carbocycles. The average Bonchev–Trinajstić information content (AvgIpc) is 3.04. The molecule has 0 spiro atoms. The Morgan fingerprint density at radius 1 is 1.32 bits per heavy atom. The highest BCUT2D eigenvalue weighted by atomic mass is 32.2. The molecule has 5 nitrogen and oxygen atoms in total. The van der Waals surface area contributed by atoms with Gasteiger partial charge in [0.05, 0.1) is 23.6 Å². The van der Waals surface area contributed by atoms with Crippen LogP contribution in [0, 0.1) is 13.8 Å². The fourth-order valence-corrected chi connectivity index (χ4v) is 4.33. The highest BCUT2D eigenvalue weighted by Crippen LogP contribution is 2.30. The van der Waals surface area contributed by atoms with E-state index in [4.69, 9.17) is 9.72 Å². The summed E-state index contributed by atoms with van der Waals surface area (Å²) in [4.78, 5) is 16.9. The Bertz CT molecular complexity index is 538. The van der Waals surface area contributed by atoms with E-state index < -0.39 is 0 Å². The molecule has 2 aliphatic rings. The lowest BCUT2D eigenvalue weighted by Crippen LogP contribution is -2.31. The van der Waals surface area contributed by atoms with Crippen LogP contribution in [0.4, 0.5) is 0 Å². The number of carbonyl (C=O) groups is 1. The molecule has 6 heteroatoms. The average molecular weight is 323 g/mol. The largest absolute Gasteiger partial charge is 0.376 e. The van der Waals surface area contributed by atoms with Crippen LogP contribution in [-0.2, 0) is 16.1 Å². The SMILES string of the molecule is Cc1nc(S[C@H]2CCCCNC2=O)n(C[C@H]2CCCO2)c1C. The first-order valence-electron chi connectivity index (χ1n) is 8.25. The summed E-state index contributed by atoms with van der Waals surface area (Å²) in [6, 6.07) is 0. The second kappa shape index (κ2) is 7.04. The summed E-state index contributed by atoms with van der Waals surface area (Å²) in [5, 5.41) is 3.95. The molecule has 1 N–H and O–H groups in total. The van der Waals surface area contributed by atoms with Crippen molar-refractivity contribution < 1.29 is 9.53 Å². The Morgan fingerprint density at radius 2 is 2.18 bits per heavy atom. The van der Waals surface area contributed by atoms with Crippen LogP contribution in [0.15, 0.2) is 5.16 Å². The van der Waals surface area contributed by atoms with Crippen molar-refractivity contribution in [1.82, 2.24) is 14.9 Å². The molecule has 3 rings (SSSR count). The summed E-state index contributed by atoms with van der Waals surface area (Å²) in [5.41, 5.74) is 2.24. The van der Waals surface area contributed by atoms with Gasteiger partial charge in [0.25, 0.3) is 0 Å². The summed E-state index contributed by atoms with van der Waals surface area (Å²) in [7, 11) is 0. The number of hydrogen-bond donors (Lipinski definition) is 1. The molecular formula is C16H25N3O2S. The topological polar surface area (TPSA) is 56.2 Å². The number of rotatable bonds is 4. The van der Waals surface area contributed by atoms with Crippen molar-refractivity contribution in [2.75, 3.05) is 13.2 Å². The normalized spacial score (nSPS) is 26.0. The van der Waals surface area contributed by atoms with E-state index >= 15 is 0 Å². The van der Waals surface area contributed by atoms with Crippen LogP contribution in [0.1, 0.15) is 43.5 Å². The molecule has 0 unspecified atom stereocenters. The van der Waals surface area contributed by atoms with Crippen molar-refractivity contribution in [2.45, 2.75) is 69.0 Å². The Labute approximate surface area is 136 Å². The van der Waals surface area contributed by atoms with Crippen LogP contribution < -0.4 is 5.32 Å². The van der Waals surface area contributed by atoms with E-state index in [9.17, 15) is 4.79 Å². The third-order valence-electron chi connectivity index (χ3n) is 4.57. The molecule has 0 saturated carbocycles. The van der Waals surface area contributed by atoms with Crippen LogP contribution in [0.5, 0.6) is 0 Å². The maximum atomic E-state index is 12.2. The van der Waals surface area contributed by atoms with Crippen molar-refractivity contribution in [3.05, 3.63) is 11.4 Å². The van der Waals surface area contributed by atoms with E-state index in [0.29, 0.717) is 0 Å². The quantitative estimate of drug-likeness (QED) is 0.925. The lowest BCUT2D eigenvalue weighted by Gasteiger charge is -2.17. The first-order valence-corrected chi connectivity index (χ1v) is 9.13. The molecule has 1 amide bonds. The third-order valence-corrected chi connectivity index (χ3v) is 5.82. The van der Waals surface area contributed by atoms with Crippen LogP contribution in [0.3, 0.4) is 0 Å². The molecule has 1 aromatic heterocycles. The van der Waals surface area contributed by atoms with Gasteiger partial charge in [0.2, 0.25) is 5.91 Å². The number of hydrogen-bond acceptors (Lipinski definition) is 4. The van der Waals surface area contributed by atoms with Gasteiger partial charge < -0.3 is 14.6 Å². The number of nitrogens with one attached hydrogen (secondary N) is 1. The Balaban J connectivity index is 1.76. The van der Waals surface area contributed by atoms with E-state index in [0.717, 1.165) is 62.7 Å². The zero-order chi connectivity index (χ0) is 15.5. The van der Waals surface area contributed by atoms with Gasteiger partial charge in [-0.25, -0.2) is 4.98 Å². The van der Waals surface area contributed by atoms with E-state index in [1.807, 2.05) is 6.92 Å². The van der Waals surface area contributed by atoms with Crippen molar-refractivity contribution in [3.63, 3.8) is 0 Å². The number of ether oxygens (including phenoxy) is 1. The highest BCUT2D eigenvalue weighted by Gasteiger charge is 2.26. The maximum absolute atomic E-state index is 12.2. The molecule has 0 bridgehead atoms. The minimum absolute atomic E-state index is 0.0213. The molecule has 2 atom stereocenters. The predicted octanol–water partition coefficient (Wildman–Crippen LogP) is 2.44. The first-order chi connectivity index (χ1) is 10.6. The van der Waals surface area contributed by atoms with Gasteiger partial charge in [-0.3, -0.25) is 4.79 Å². The number of carbonyl (C=O) groups excluding carboxylic acids is 1. The summed E-state index contributed by atoms with van der Waals surface area (Å²) in [6.07, 6.45) is 5.65. The van der Waals surface area contributed by atoms with Crippen molar-refractivity contribution >= 4 is 17.7 Å². The van der Waals surface area contributed by atoms with E-state index in [-0.39, 0.29) is 17.3 Å². The molecule has 2 fully saturated rings. The fraction of sp³-hybridized carbons (Fsp3) is 0.750. The molecule has 0 aliphatic carbocycles. The first kappa shape index (κ1) is 15.9. The number of aromatic nitrogens is 2. The van der Waals surface area contributed by atoms with Gasteiger partial charge in [-0.2, -0.15) is 0 Å². The minimum atomic E-state index is -0.0213. The number of imidazole rings is 1. The Hall–Kier alpha value is -1.01. The fourth-order valence-electron chi connectivity index (χ4n) is 3.07. The second-order valence-electron chi connectivity index (χ2n) is 6.20. The van der Waals surface area contributed by atoms with E-state index in [1.165, 1.54) is 5.69 Å². The smallest absolute Gasteiger partial charge is 0.233 e. The number of amides is 1. The molecule has 1 aromatic rings.